The normalized spacial score (nSPS) is 13.8. The van der Waals surface area contributed by atoms with E-state index >= 15 is 0 Å². The molecule has 1 aliphatic heterocycles. The van der Waals surface area contributed by atoms with Gasteiger partial charge in [0.25, 0.3) is 0 Å². The maximum Gasteiger partial charge on any atom is 0.120 e. The summed E-state index contributed by atoms with van der Waals surface area (Å²) in [6, 6.07) is 36.4. The van der Waals surface area contributed by atoms with Crippen molar-refractivity contribution in [2.24, 2.45) is 10.2 Å². The molecule has 1 aliphatic rings. The summed E-state index contributed by atoms with van der Waals surface area (Å²) in [5.74, 6) is 1.68. The topological polar surface area (TPSA) is 49.7 Å². The molecule has 0 spiro atoms. The zero-order valence-corrected chi connectivity index (χ0v) is 21.4. The Morgan fingerprint density at radius 1 is 0.526 bits per heavy atom. The van der Waals surface area contributed by atoms with Gasteiger partial charge in [-0.25, -0.2) is 0 Å². The molecule has 5 rings (SSSR count). The van der Waals surface area contributed by atoms with E-state index < -0.39 is 0 Å². The van der Waals surface area contributed by atoms with Crippen LogP contribution in [0.3, 0.4) is 0 Å². The van der Waals surface area contributed by atoms with E-state index in [1.54, 1.807) is 0 Å². The molecule has 6 nitrogen and oxygen atoms in total. The van der Waals surface area contributed by atoms with E-state index in [2.05, 4.69) is 44.5 Å². The van der Waals surface area contributed by atoms with Crippen LogP contribution in [0, 0.1) is 0 Å². The largest absolute Gasteiger partial charge is 0.489 e. The average molecular weight is 505 g/mol. The first-order valence-electron chi connectivity index (χ1n) is 12.9. The number of ether oxygens (including phenoxy) is 2. The van der Waals surface area contributed by atoms with Crippen LogP contribution in [-0.2, 0) is 13.2 Å². The zero-order valence-electron chi connectivity index (χ0n) is 21.4. The lowest BCUT2D eigenvalue weighted by Gasteiger charge is -2.31. The lowest BCUT2D eigenvalue weighted by Crippen LogP contribution is -2.41. The smallest absolute Gasteiger partial charge is 0.120 e. The Morgan fingerprint density at radius 3 is 1.37 bits per heavy atom. The van der Waals surface area contributed by atoms with E-state index in [-0.39, 0.29) is 0 Å². The van der Waals surface area contributed by atoms with Crippen molar-refractivity contribution in [1.82, 2.24) is 10.0 Å². The second-order valence-electron chi connectivity index (χ2n) is 9.09. The predicted octanol–water partition coefficient (Wildman–Crippen LogP) is 5.83. The summed E-state index contributed by atoms with van der Waals surface area (Å²) in [6.45, 7) is 4.37. The van der Waals surface area contributed by atoms with Gasteiger partial charge in [0.15, 0.2) is 0 Å². The number of hydrazone groups is 2. The van der Waals surface area contributed by atoms with Gasteiger partial charge in [0.2, 0.25) is 0 Å². The van der Waals surface area contributed by atoms with Crippen molar-refractivity contribution in [3.63, 3.8) is 0 Å². The number of nitrogens with zero attached hydrogens (tertiary/aromatic N) is 4. The Balaban J connectivity index is 1.07. The first-order chi connectivity index (χ1) is 18.8. The zero-order chi connectivity index (χ0) is 25.8. The molecule has 38 heavy (non-hydrogen) atoms. The predicted molar refractivity (Wildman–Crippen MR) is 153 cm³/mol. The third-order valence-corrected chi connectivity index (χ3v) is 6.19. The molecule has 4 aromatic carbocycles. The van der Waals surface area contributed by atoms with Crippen LogP contribution in [-0.4, -0.2) is 48.6 Å². The fourth-order valence-corrected chi connectivity index (χ4v) is 4.06. The van der Waals surface area contributed by atoms with Crippen LogP contribution in [0.25, 0.3) is 0 Å². The van der Waals surface area contributed by atoms with Crippen LogP contribution in [0.5, 0.6) is 11.5 Å². The van der Waals surface area contributed by atoms with Gasteiger partial charge in [-0.2, -0.15) is 10.2 Å². The van der Waals surface area contributed by atoms with Crippen molar-refractivity contribution >= 4 is 12.4 Å². The maximum absolute atomic E-state index is 5.94. The molecule has 1 heterocycles. The van der Waals surface area contributed by atoms with E-state index in [1.807, 2.05) is 97.4 Å². The van der Waals surface area contributed by atoms with Crippen molar-refractivity contribution in [2.45, 2.75) is 13.2 Å². The molecule has 4 aromatic rings. The highest BCUT2D eigenvalue weighted by molar-refractivity contribution is 5.80. The molecular weight excluding hydrogens is 472 g/mol. The van der Waals surface area contributed by atoms with E-state index in [0.717, 1.165) is 59.9 Å². The Bertz CT molecular complexity index is 1230. The molecule has 0 amide bonds. The van der Waals surface area contributed by atoms with E-state index in [4.69, 9.17) is 9.47 Å². The van der Waals surface area contributed by atoms with Crippen molar-refractivity contribution in [2.75, 3.05) is 26.2 Å². The van der Waals surface area contributed by atoms with Gasteiger partial charge in [-0.15, -0.1) is 0 Å². The van der Waals surface area contributed by atoms with Crippen LogP contribution < -0.4 is 9.47 Å². The highest BCUT2D eigenvalue weighted by atomic mass is 16.5. The van der Waals surface area contributed by atoms with Gasteiger partial charge < -0.3 is 9.47 Å². The Morgan fingerprint density at radius 2 is 0.947 bits per heavy atom. The monoisotopic (exact) mass is 504 g/mol. The molecule has 0 radical (unpaired) electrons. The van der Waals surface area contributed by atoms with Gasteiger partial charge in [-0.05, 0) is 46.5 Å². The molecule has 0 atom stereocenters. The number of piperazine rings is 1. The van der Waals surface area contributed by atoms with Gasteiger partial charge in [0.05, 0.1) is 38.6 Å². The van der Waals surface area contributed by atoms with Crippen LogP contribution in [0.4, 0.5) is 0 Å². The van der Waals surface area contributed by atoms with Crippen LogP contribution in [0.1, 0.15) is 22.3 Å². The van der Waals surface area contributed by atoms with Gasteiger partial charge in [-0.3, -0.25) is 10.0 Å². The second kappa shape index (κ2) is 13.1. The lowest BCUT2D eigenvalue weighted by molar-refractivity contribution is 0.141. The molecule has 0 aliphatic carbocycles. The lowest BCUT2D eigenvalue weighted by atomic mass is 10.2. The molecule has 0 N–H and O–H groups in total. The highest BCUT2D eigenvalue weighted by Gasteiger charge is 2.13. The summed E-state index contributed by atoms with van der Waals surface area (Å²) in [5.41, 5.74) is 4.34. The van der Waals surface area contributed by atoms with Gasteiger partial charge in [0.1, 0.15) is 24.7 Å². The van der Waals surface area contributed by atoms with Crippen LogP contribution in [0.2, 0.25) is 0 Å². The molecule has 0 unspecified atom stereocenters. The average Bonchev–Trinajstić information content (AvgIpc) is 2.99. The van der Waals surface area contributed by atoms with Crippen molar-refractivity contribution in [3.8, 4) is 11.5 Å². The molecule has 192 valence electrons. The SMILES string of the molecule is C(=N\N1CCN(/N=C/c2cccc(OCc3ccccc3)c2)CC1)/c1cccc(OCc2ccccc2)c1. The quantitative estimate of drug-likeness (QED) is 0.255. The number of hydrogen-bond donors (Lipinski definition) is 0. The molecular formula is C32H32N4O2. The second-order valence-corrected chi connectivity index (χ2v) is 9.09. The minimum absolute atomic E-state index is 0.551. The summed E-state index contributed by atoms with van der Waals surface area (Å²) in [6.07, 6.45) is 3.80. The van der Waals surface area contributed by atoms with E-state index in [1.165, 1.54) is 0 Å². The number of rotatable bonds is 10. The van der Waals surface area contributed by atoms with Gasteiger partial charge >= 0.3 is 0 Å². The molecule has 1 fully saturated rings. The molecule has 1 saturated heterocycles. The molecule has 0 aromatic heterocycles. The number of benzene rings is 4. The van der Waals surface area contributed by atoms with Crippen LogP contribution in [0.15, 0.2) is 119 Å². The molecule has 6 heteroatoms. The Labute approximate surface area is 224 Å². The molecule has 0 saturated carbocycles. The van der Waals surface area contributed by atoms with Gasteiger partial charge in [-0.1, -0.05) is 84.9 Å². The van der Waals surface area contributed by atoms with E-state index in [9.17, 15) is 0 Å². The minimum Gasteiger partial charge on any atom is -0.489 e. The fourth-order valence-electron chi connectivity index (χ4n) is 4.06. The Kier molecular flexibility index (Phi) is 8.65. The molecule has 0 bridgehead atoms. The van der Waals surface area contributed by atoms with Crippen molar-refractivity contribution in [1.29, 1.82) is 0 Å². The summed E-state index contributed by atoms with van der Waals surface area (Å²) >= 11 is 0. The standard InChI is InChI=1S/C32H32N4O2/c1-3-9-27(10-4-1)25-37-31-15-7-13-29(21-31)23-33-35-17-19-36(20-18-35)34-24-30-14-8-16-32(22-30)38-26-28-11-5-2-6-12-28/h1-16,21-24H,17-20,25-26H2/b33-23+,34-24+. The van der Waals surface area contributed by atoms with Gasteiger partial charge in [0, 0.05) is 0 Å². The highest BCUT2D eigenvalue weighted by Crippen LogP contribution is 2.16. The minimum atomic E-state index is 0.551. The van der Waals surface area contributed by atoms with E-state index in [0.29, 0.717) is 13.2 Å². The summed E-state index contributed by atoms with van der Waals surface area (Å²) in [5, 5.41) is 13.5. The fraction of sp³-hybridized carbons (Fsp3) is 0.188. The summed E-state index contributed by atoms with van der Waals surface area (Å²) < 4.78 is 11.9. The summed E-state index contributed by atoms with van der Waals surface area (Å²) in [7, 11) is 0. The Hall–Kier alpha value is -4.58. The number of hydrogen-bond acceptors (Lipinski definition) is 6. The van der Waals surface area contributed by atoms with Crippen LogP contribution >= 0.6 is 0 Å². The third kappa shape index (κ3) is 7.71. The summed E-state index contributed by atoms with van der Waals surface area (Å²) in [4.78, 5) is 0. The first-order valence-corrected chi connectivity index (χ1v) is 12.9. The van der Waals surface area contributed by atoms with Crippen molar-refractivity contribution < 1.29 is 9.47 Å². The third-order valence-electron chi connectivity index (χ3n) is 6.19. The maximum atomic E-state index is 5.94. The van der Waals surface area contributed by atoms with Crippen molar-refractivity contribution in [3.05, 3.63) is 131 Å². The first kappa shape index (κ1) is 25.1.